The topological polar surface area (TPSA) is 42.2 Å². The van der Waals surface area contributed by atoms with Gasteiger partial charge < -0.3 is 9.73 Å². The molecule has 0 unspecified atom stereocenters. The molecule has 1 aromatic heterocycles. The van der Waals surface area contributed by atoms with Gasteiger partial charge in [0.2, 0.25) is 0 Å². The van der Waals surface area contributed by atoms with Crippen LogP contribution in [0.15, 0.2) is 47.1 Å². The van der Waals surface area contributed by atoms with E-state index in [0.717, 1.165) is 5.56 Å². The molecule has 4 heteroatoms. The zero-order valence-electron chi connectivity index (χ0n) is 10.2. The minimum Gasteiger partial charge on any atom is -0.455 e. The molecule has 0 aliphatic rings. The number of nitrogens with one attached hydrogen (secondary N) is 1. The number of furan rings is 1. The van der Waals surface area contributed by atoms with Gasteiger partial charge in [0.15, 0.2) is 5.76 Å². The van der Waals surface area contributed by atoms with Crippen LogP contribution >= 0.6 is 12.6 Å². The van der Waals surface area contributed by atoms with E-state index in [4.69, 9.17) is 4.42 Å². The van der Waals surface area contributed by atoms with Gasteiger partial charge >= 0.3 is 0 Å². The van der Waals surface area contributed by atoms with Gasteiger partial charge in [-0.05, 0) is 18.1 Å². The summed E-state index contributed by atoms with van der Waals surface area (Å²) in [4.78, 5) is 11.6. The lowest BCUT2D eigenvalue weighted by Crippen LogP contribution is -2.24. The maximum Gasteiger partial charge on any atom is 0.254 e. The van der Waals surface area contributed by atoms with Crippen molar-refractivity contribution >= 4 is 18.5 Å². The maximum absolute atomic E-state index is 11.6. The highest BCUT2D eigenvalue weighted by Gasteiger charge is 2.07. The normalized spacial score (nSPS) is 9.53. The molecule has 3 nitrogen and oxygen atoms in total. The van der Waals surface area contributed by atoms with Crippen LogP contribution in [0, 0.1) is 11.8 Å². The summed E-state index contributed by atoms with van der Waals surface area (Å²) in [5.41, 5.74) is 1.37. The highest BCUT2D eigenvalue weighted by atomic mass is 32.1. The van der Waals surface area contributed by atoms with Crippen LogP contribution in [0.2, 0.25) is 0 Å². The van der Waals surface area contributed by atoms with Crippen molar-refractivity contribution in [3.63, 3.8) is 0 Å². The fourth-order valence-electron chi connectivity index (χ4n) is 1.45. The van der Waals surface area contributed by atoms with Crippen LogP contribution < -0.4 is 5.32 Å². The molecule has 0 saturated carbocycles. The Hall–Kier alpha value is -2.12. The molecule has 2 aromatic rings. The van der Waals surface area contributed by atoms with Crippen LogP contribution in [0.5, 0.6) is 0 Å². The molecule has 0 atom stereocenters. The van der Waals surface area contributed by atoms with Gasteiger partial charge in [-0.2, -0.15) is 12.6 Å². The molecule has 1 aromatic carbocycles. The van der Waals surface area contributed by atoms with E-state index in [9.17, 15) is 4.79 Å². The third-order valence-corrected chi connectivity index (χ3v) is 2.59. The van der Waals surface area contributed by atoms with Crippen molar-refractivity contribution in [1.29, 1.82) is 0 Å². The fraction of sp³-hybridized carbons (Fsp3) is 0.133. The largest absolute Gasteiger partial charge is 0.455 e. The molecule has 0 spiro atoms. The molecule has 0 aliphatic carbocycles. The first-order chi connectivity index (χ1) is 9.29. The summed E-state index contributed by atoms with van der Waals surface area (Å²) in [6.45, 7) is 0.526. The third-order valence-electron chi connectivity index (χ3n) is 2.36. The lowest BCUT2D eigenvalue weighted by atomic mass is 10.2. The number of amides is 1. The van der Waals surface area contributed by atoms with Gasteiger partial charge in [-0.15, -0.1) is 0 Å². The van der Waals surface area contributed by atoms with Gasteiger partial charge in [0.1, 0.15) is 6.26 Å². The first-order valence-corrected chi connectivity index (χ1v) is 6.47. The van der Waals surface area contributed by atoms with E-state index < -0.39 is 0 Å². The summed E-state index contributed by atoms with van der Waals surface area (Å²) in [7, 11) is 0. The summed E-state index contributed by atoms with van der Waals surface area (Å²) in [5.74, 6) is 6.75. The lowest BCUT2D eigenvalue weighted by Gasteiger charge is -1.98. The molecule has 0 radical (unpaired) electrons. The Balaban J connectivity index is 2.06. The van der Waals surface area contributed by atoms with Crippen LogP contribution in [0.3, 0.4) is 0 Å². The van der Waals surface area contributed by atoms with Crippen molar-refractivity contribution in [2.24, 2.45) is 0 Å². The summed E-state index contributed by atoms with van der Waals surface area (Å²) in [6, 6.07) is 11.2. The molecule has 0 aliphatic heterocycles. The smallest absolute Gasteiger partial charge is 0.254 e. The Morgan fingerprint density at radius 3 is 2.79 bits per heavy atom. The van der Waals surface area contributed by atoms with E-state index in [2.05, 4.69) is 29.8 Å². The number of thiol groups is 1. The first kappa shape index (κ1) is 13.3. The van der Waals surface area contributed by atoms with Crippen LogP contribution in [-0.2, 0) is 0 Å². The molecular formula is C15H13NO2S. The standard InChI is InChI=1S/C15H13NO2S/c17-15(16-8-9-19)13-10-14(18-11-13)7-6-12-4-2-1-3-5-12/h1-5,10-11,19H,8-9H2,(H,16,17). The summed E-state index contributed by atoms with van der Waals surface area (Å²) < 4.78 is 5.23. The number of carbonyl (C=O) groups is 1. The molecule has 96 valence electrons. The Kier molecular flexibility index (Phi) is 4.71. The minimum absolute atomic E-state index is 0.175. The second kappa shape index (κ2) is 6.72. The SMILES string of the molecule is O=C(NCCS)c1coc(C#Cc2ccccc2)c1. The summed E-state index contributed by atoms with van der Waals surface area (Å²) in [6.07, 6.45) is 1.41. The number of rotatable bonds is 3. The molecule has 1 N–H and O–H groups in total. The molecule has 1 heterocycles. The predicted octanol–water partition coefficient (Wildman–Crippen LogP) is 2.34. The highest BCUT2D eigenvalue weighted by Crippen LogP contribution is 2.07. The quantitative estimate of drug-likeness (QED) is 0.664. The zero-order valence-corrected chi connectivity index (χ0v) is 11.1. The zero-order chi connectivity index (χ0) is 13.5. The third kappa shape index (κ3) is 3.94. The maximum atomic E-state index is 11.6. The summed E-state index contributed by atoms with van der Waals surface area (Å²) in [5, 5.41) is 2.71. The average Bonchev–Trinajstić information content (AvgIpc) is 2.92. The molecular weight excluding hydrogens is 258 g/mol. The monoisotopic (exact) mass is 271 g/mol. The highest BCUT2D eigenvalue weighted by molar-refractivity contribution is 7.80. The summed E-state index contributed by atoms with van der Waals surface area (Å²) >= 11 is 4.03. The van der Waals surface area contributed by atoms with E-state index in [1.54, 1.807) is 6.07 Å². The lowest BCUT2D eigenvalue weighted by molar-refractivity contribution is 0.0955. The van der Waals surface area contributed by atoms with Crippen molar-refractivity contribution < 1.29 is 9.21 Å². The molecule has 2 rings (SSSR count). The predicted molar refractivity (Wildman–Crippen MR) is 77.3 cm³/mol. The van der Waals surface area contributed by atoms with E-state index in [1.165, 1.54) is 6.26 Å². The van der Waals surface area contributed by atoms with Crippen LogP contribution in [0.4, 0.5) is 0 Å². The number of hydrogen-bond acceptors (Lipinski definition) is 3. The number of carbonyl (C=O) groups excluding carboxylic acids is 1. The van der Waals surface area contributed by atoms with Crippen molar-refractivity contribution in [3.05, 3.63) is 59.5 Å². The Morgan fingerprint density at radius 1 is 1.26 bits per heavy atom. The van der Waals surface area contributed by atoms with E-state index in [-0.39, 0.29) is 5.91 Å². The van der Waals surface area contributed by atoms with E-state index in [1.807, 2.05) is 30.3 Å². The molecule has 1 amide bonds. The van der Waals surface area contributed by atoms with Crippen LogP contribution in [0.25, 0.3) is 0 Å². The average molecular weight is 271 g/mol. The fourth-order valence-corrected chi connectivity index (χ4v) is 1.56. The van der Waals surface area contributed by atoms with E-state index in [0.29, 0.717) is 23.6 Å². The second-order valence-corrected chi connectivity index (χ2v) is 4.24. The number of benzene rings is 1. The van der Waals surface area contributed by atoms with Gasteiger partial charge in [0, 0.05) is 23.9 Å². The van der Waals surface area contributed by atoms with Gasteiger partial charge in [0.05, 0.1) is 5.56 Å². The first-order valence-electron chi connectivity index (χ1n) is 5.84. The molecule has 19 heavy (non-hydrogen) atoms. The molecule has 0 saturated heterocycles. The van der Waals surface area contributed by atoms with Crippen molar-refractivity contribution in [2.45, 2.75) is 0 Å². The molecule has 0 bridgehead atoms. The Labute approximate surface area is 117 Å². The van der Waals surface area contributed by atoms with Crippen LogP contribution in [0.1, 0.15) is 21.7 Å². The van der Waals surface area contributed by atoms with Crippen molar-refractivity contribution in [1.82, 2.24) is 5.32 Å². The van der Waals surface area contributed by atoms with Gasteiger partial charge in [-0.25, -0.2) is 0 Å². The van der Waals surface area contributed by atoms with Crippen molar-refractivity contribution in [2.75, 3.05) is 12.3 Å². The Bertz CT molecular complexity index is 608. The minimum atomic E-state index is -0.175. The van der Waals surface area contributed by atoms with Crippen molar-refractivity contribution in [3.8, 4) is 11.8 Å². The second-order valence-electron chi connectivity index (χ2n) is 3.80. The Morgan fingerprint density at radius 2 is 2.05 bits per heavy atom. The van der Waals surface area contributed by atoms with Crippen LogP contribution in [-0.4, -0.2) is 18.2 Å². The molecule has 0 fully saturated rings. The van der Waals surface area contributed by atoms with Gasteiger partial charge in [0.25, 0.3) is 5.91 Å². The van der Waals surface area contributed by atoms with Gasteiger partial charge in [-0.1, -0.05) is 24.1 Å². The number of hydrogen-bond donors (Lipinski definition) is 2. The van der Waals surface area contributed by atoms with E-state index >= 15 is 0 Å². The van der Waals surface area contributed by atoms with Gasteiger partial charge in [-0.3, -0.25) is 4.79 Å².